The molecule has 6 nitrogen and oxygen atoms in total. The van der Waals surface area contributed by atoms with Gasteiger partial charge in [-0.05, 0) is 23.1 Å². The number of benzene rings is 1. The number of hydrogen-bond donors (Lipinski definition) is 1. The summed E-state index contributed by atoms with van der Waals surface area (Å²) in [7, 11) is 3.08. The molecule has 2 aromatic rings. The van der Waals surface area contributed by atoms with Crippen LogP contribution in [0.15, 0.2) is 45.6 Å². The van der Waals surface area contributed by atoms with Gasteiger partial charge in [0.15, 0.2) is 0 Å². The van der Waals surface area contributed by atoms with Crippen molar-refractivity contribution >= 4 is 23.2 Å². The van der Waals surface area contributed by atoms with Crippen molar-refractivity contribution in [2.45, 2.75) is 26.2 Å². The number of aromatic nitrogens is 2. The predicted molar refractivity (Wildman–Crippen MR) is 109 cm³/mol. The summed E-state index contributed by atoms with van der Waals surface area (Å²) in [5.41, 5.74) is 0.832. The molecular formula is C21H22ClN3O3. The van der Waals surface area contributed by atoms with Crippen LogP contribution in [-0.2, 0) is 18.9 Å². The standard InChI is InChI=1S/C21H22ClN3O3/c1-21(2)9-13-16(14(26)10-21)15(11-6-5-7-12(22)8-11)17-18(23-13)24(3)20(28)25(4)19(17)27/h5-9,15-16,23H,10H2,1-4H3/t15-,16-/m1/s1. The maximum absolute atomic E-state index is 13.2. The van der Waals surface area contributed by atoms with Gasteiger partial charge in [0.05, 0.1) is 11.5 Å². The maximum atomic E-state index is 13.2. The zero-order valence-corrected chi connectivity index (χ0v) is 17.0. The van der Waals surface area contributed by atoms with Crippen molar-refractivity contribution in [3.8, 4) is 0 Å². The van der Waals surface area contributed by atoms with Gasteiger partial charge < -0.3 is 5.32 Å². The van der Waals surface area contributed by atoms with E-state index in [1.807, 2.05) is 32.1 Å². The van der Waals surface area contributed by atoms with E-state index in [0.717, 1.165) is 15.8 Å². The minimum Gasteiger partial charge on any atom is -0.344 e. The molecule has 0 fully saturated rings. The quantitative estimate of drug-likeness (QED) is 0.800. The Bertz CT molecular complexity index is 1160. The molecule has 0 radical (unpaired) electrons. The third-order valence-electron chi connectivity index (χ3n) is 5.67. The monoisotopic (exact) mass is 399 g/mol. The number of anilines is 1. The maximum Gasteiger partial charge on any atom is 0.332 e. The molecule has 1 aromatic heterocycles. The highest BCUT2D eigenvalue weighted by Gasteiger charge is 2.46. The topological polar surface area (TPSA) is 73.1 Å². The van der Waals surface area contributed by atoms with Crippen molar-refractivity contribution in [3.05, 3.63) is 73.0 Å². The Balaban J connectivity index is 2.09. The van der Waals surface area contributed by atoms with Crippen molar-refractivity contribution in [1.82, 2.24) is 9.13 Å². The van der Waals surface area contributed by atoms with Crippen LogP contribution in [0.25, 0.3) is 0 Å². The Morgan fingerprint density at radius 1 is 1.11 bits per heavy atom. The van der Waals surface area contributed by atoms with Gasteiger partial charge in [0.25, 0.3) is 5.56 Å². The first-order valence-electron chi connectivity index (χ1n) is 9.18. The second kappa shape index (κ2) is 6.21. The van der Waals surface area contributed by atoms with Gasteiger partial charge in [-0.15, -0.1) is 0 Å². The summed E-state index contributed by atoms with van der Waals surface area (Å²) in [5.74, 6) is -0.507. The minimum atomic E-state index is -0.510. The zero-order valence-electron chi connectivity index (χ0n) is 16.2. The lowest BCUT2D eigenvalue weighted by molar-refractivity contribution is -0.124. The van der Waals surface area contributed by atoms with Crippen LogP contribution >= 0.6 is 11.6 Å². The molecule has 1 N–H and O–H groups in total. The molecule has 146 valence electrons. The highest BCUT2D eigenvalue weighted by atomic mass is 35.5. The molecule has 0 spiro atoms. The average molecular weight is 400 g/mol. The number of halogens is 1. The molecule has 7 heteroatoms. The summed E-state index contributed by atoms with van der Waals surface area (Å²) < 4.78 is 2.52. The van der Waals surface area contributed by atoms with Crippen molar-refractivity contribution < 1.29 is 4.79 Å². The van der Waals surface area contributed by atoms with Crippen LogP contribution in [0.1, 0.15) is 37.3 Å². The number of carbonyl (C=O) groups is 1. The molecule has 0 saturated carbocycles. The van der Waals surface area contributed by atoms with Crippen LogP contribution in [0, 0.1) is 11.3 Å². The Hall–Kier alpha value is -2.60. The fourth-order valence-electron chi connectivity index (χ4n) is 4.44. The third kappa shape index (κ3) is 2.75. The van der Waals surface area contributed by atoms with Crippen molar-refractivity contribution in [2.75, 3.05) is 5.32 Å². The molecule has 28 heavy (non-hydrogen) atoms. The van der Waals surface area contributed by atoms with Crippen LogP contribution in [0.5, 0.6) is 0 Å². The van der Waals surface area contributed by atoms with E-state index in [1.54, 1.807) is 19.2 Å². The Morgan fingerprint density at radius 3 is 2.50 bits per heavy atom. The van der Waals surface area contributed by atoms with E-state index in [2.05, 4.69) is 5.32 Å². The molecule has 0 unspecified atom stereocenters. The van der Waals surface area contributed by atoms with E-state index in [0.29, 0.717) is 22.8 Å². The molecule has 1 aliphatic carbocycles. The molecular weight excluding hydrogens is 378 g/mol. The molecule has 1 aromatic carbocycles. The number of ketones is 1. The summed E-state index contributed by atoms with van der Waals surface area (Å²) in [6, 6.07) is 7.23. The van der Waals surface area contributed by atoms with E-state index >= 15 is 0 Å². The van der Waals surface area contributed by atoms with E-state index in [9.17, 15) is 14.4 Å². The van der Waals surface area contributed by atoms with Gasteiger partial charge in [-0.1, -0.05) is 43.7 Å². The molecule has 0 bridgehead atoms. The zero-order chi connectivity index (χ0) is 20.4. The number of allylic oxidation sites excluding steroid dienone is 2. The molecule has 2 atom stereocenters. The average Bonchev–Trinajstić information content (AvgIpc) is 2.62. The molecule has 4 rings (SSSR count). The molecule has 0 amide bonds. The Kier molecular flexibility index (Phi) is 4.16. The van der Waals surface area contributed by atoms with Crippen LogP contribution < -0.4 is 16.6 Å². The first-order valence-corrected chi connectivity index (χ1v) is 9.56. The number of nitrogens with one attached hydrogen (secondary N) is 1. The van der Waals surface area contributed by atoms with Crippen LogP contribution in [0.3, 0.4) is 0 Å². The van der Waals surface area contributed by atoms with E-state index in [-0.39, 0.29) is 11.2 Å². The van der Waals surface area contributed by atoms with Gasteiger partial charge in [-0.3, -0.25) is 18.7 Å². The largest absolute Gasteiger partial charge is 0.344 e. The fraction of sp³-hybridized carbons (Fsp3) is 0.381. The second-order valence-electron chi connectivity index (χ2n) is 8.33. The van der Waals surface area contributed by atoms with Gasteiger partial charge in [0.2, 0.25) is 0 Å². The number of carbonyl (C=O) groups excluding carboxylic acids is 1. The van der Waals surface area contributed by atoms with E-state index in [4.69, 9.17) is 11.6 Å². The predicted octanol–water partition coefficient (Wildman–Crippen LogP) is 2.79. The van der Waals surface area contributed by atoms with Crippen LogP contribution in [-0.4, -0.2) is 14.9 Å². The summed E-state index contributed by atoms with van der Waals surface area (Å²) in [6.45, 7) is 4.01. The normalized spacial score (nSPS) is 22.8. The molecule has 1 aliphatic heterocycles. The van der Waals surface area contributed by atoms with Gasteiger partial charge in [-0.25, -0.2) is 4.79 Å². The smallest absolute Gasteiger partial charge is 0.332 e. The van der Waals surface area contributed by atoms with Gasteiger partial charge in [0.1, 0.15) is 11.6 Å². The Morgan fingerprint density at radius 2 is 1.82 bits per heavy atom. The highest BCUT2D eigenvalue weighted by molar-refractivity contribution is 6.30. The highest BCUT2D eigenvalue weighted by Crippen LogP contribution is 2.48. The number of Topliss-reactive ketones (excluding diaryl/α,β-unsaturated/α-hetero) is 1. The van der Waals surface area contributed by atoms with Crippen molar-refractivity contribution in [3.63, 3.8) is 0 Å². The van der Waals surface area contributed by atoms with Crippen LogP contribution in [0.4, 0.5) is 5.82 Å². The van der Waals surface area contributed by atoms with Gasteiger partial charge >= 0.3 is 5.69 Å². The number of nitrogens with zero attached hydrogens (tertiary/aromatic N) is 2. The van der Waals surface area contributed by atoms with Gasteiger partial charge in [-0.2, -0.15) is 0 Å². The SMILES string of the molecule is Cn1c2c(c(=O)n(C)c1=O)[C@H](c1cccc(Cl)c1)[C@H]1C(=O)CC(C)(C)C=C1N2. The lowest BCUT2D eigenvalue weighted by atomic mass is 9.67. The number of hydrogen-bond acceptors (Lipinski definition) is 4. The third-order valence-corrected chi connectivity index (χ3v) is 5.91. The molecule has 2 aliphatic rings. The molecule has 2 heterocycles. The number of rotatable bonds is 1. The second-order valence-corrected chi connectivity index (χ2v) is 8.77. The summed E-state index contributed by atoms with van der Waals surface area (Å²) in [4.78, 5) is 38.8. The summed E-state index contributed by atoms with van der Waals surface area (Å²) >= 11 is 6.22. The Labute approximate surface area is 167 Å². The lowest BCUT2D eigenvalue weighted by Gasteiger charge is -2.41. The molecule has 0 saturated heterocycles. The van der Waals surface area contributed by atoms with Gasteiger partial charge in [0, 0.05) is 37.2 Å². The first-order chi connectivity index (χ1) is 13.1. The summed E-state index contributed by atoms with van der Waals surface area (Å²) in [5, 5.41) is 3.77. The van der Waals surface area contributed by atoms with Crippen LogP contribution in [0.2, 0.25) is 5.02 Å². The summed E-state index contributed by atoms with van der Waals surface area (Å²) in [6.07, 6.45) is 2.43. The lowest BCUT2D eigenvalue weighted by Crippen LogP contribution is -2.47. The van der Waals surface area contributed by atoms with Crippen molar-refractivity contribution in [2.24, 2.45) is 25.4 Å². The fourth-order valence-corrected chi connectivity index (χ4v) is 4.64. The minimum absolute atomic E-state index is 0.0709. The van der Waals surface area contributed by atoms with E-state index < -0.39 is 23.1 Å². The van der Waals surface area contributed by atoms with E-state index in [1.165, 1.54) is 11.6 Å². The number of fused-ring (bicyclic) bond motifs is 2. The first kappa shape index (κ1) is 18.7. The van der Waals surface area contributed by atoms with Crippen molar-refractivity contribution in [1.29, 1.82) is 0 Å².